The van der Waals surface area contributed by atoms with Crippen molar-refractivity contribution in [2.24, 2.45) is 5.92 Å². The van der Waals surface area contributed by atoms with Gasteiger partial charge in [0.05, 0.1) is 0 Å². The summed E-state index contributed by atoms with van der Waals surface area (Å²) < 4.78 is 0. The highest BCUT2D eigenvalue weighted by molar-refractivity contribution is 5.85. The van der Waals surface area contributed by atoms with Gasteiger partial charge in [-0.2, -0.15) is 5.10 Å². The van der Waals surface area contributed by atoms with Crippen LogP contribution in [0.5, 0.6) is 0 Å². The topological polar surface area (TPSA) is 95.1 Å². The number of hydrogen-bond acceptors (Lipinski definition) is 3. The first-order chi connectivity index (χ1) is 9.56. The Hall–Kier alpha value is -2.11. The van der Waals surface area contributed by atoms with Gasteiger partial charge in [0.2, 0.25) is 5.91 Å². The Morgan fingerprint density at radius 3 is 2.95 bits per heavy atom. The van der Waals surface area contributed by atoms with Gasteiger partial charge in [-0.15, -0.1) is 0 Å². The lowest BCUT2D eigenvalue weighted by Crippen LogP contribution is -2.33. The van der Waals surface area contributed by atoms with Crippen LogP contribution in [0.3, 0.4) is 0 Å². The first kappa shape index (κ1) is 14.3. The predicted molar refractivity (Wildman–Crippen MR) is 73.4 cm³/mol. The standard InChI is InChI=1S/C14H19N3O3/c1-9-2-4-10(5-3-9)13(18)15-7-6-11-8-12(14(19)20)17-16-11/h2,8,10H,3-7H2,1H3,(H,15,18)(H,16,17)(H,19,20)/t10-/m0/s1. The number of carboxylic acids is 1. The van der Waals surface area contributed by atoms with Crippen molar-refractivity contribution in [1.29, 1.82) is 0 Å². The maximum atomic E-state index is 11.9. The zero-order chi connectivity index (χ0) is 14.5. The molecule has 1 aromatic rings. The van der Waals surface area contributed by atoms with E-state index in [2.05, 4.69) is 28.5 Å². The Kier molecular flexibility index (Phi) is 4.55. The van der Waals surface area contributed by atoms with Gasteiger partial charge in [-0.25, -0.2) is 4.79 Å². The number of carboxylic acid groups (broad SMARTS) is 1. The third-order valence-corrected chi connectivity index (χ3v) is 3.55. The summed E-state index contributed by atoms with van der Waals surface area (Å²) in [7, 11) is 0. The fourth-order valence-corrected chi connectivity index (χ4v) is 2.27. The minimum atomic E-state index is -1.05. The Bertz CT molecular complexity index is 534. The van der Waals surface area contributed by atoms with Gasteiger partial charge in [-0.3, -0.25) is 9.89 Å². The molecule has 1 aliphatic carbocycles. The lowest BCUT2D eigenvalue weighted by atomic mass is 9.89. The van der Waals surface area contributed by atoms with Gasteiger partial charge in [0.25, 0.3) is 0 Å². The predicted octanol–water partition coefficient (Wildman–Crippen LogP) is 1.51. The van der Waals surface area contributed by atoms with Gasteiger partial charge >= 0.3 is 5.97 Å². The van der Waals surface area contributed by atoms with Crippen LogP contribution in [-0.2, 0) is 11.2 Å². The number of hydrogen-bond donors (Lipinski definition) is 3. The van der Waals surface area contributed by atoms with Crippen LogP contribution in [0.2, 0.25) is 0 Å². The zero-order valence-electron chi connectivity index (χ0n) is 11.5. The van der Waals surface area contributed by atoms with Crippen LogP contribution in [0, 0.1) is 5.92 Å². The molecule has 0 aromatic carbocycles. The lowest BCUT2D eigenvalue weighted by Gasteiger charge is -2.19. The van der Waals surface area contributed by atoms with E-state index in [-0.39, 0.29) is 17.5 Å². The van der Waals surface area contributed by atoms with Gasteiger partial charge in [0.15, 0.2) is 5.69 Å². The molecule has 0 bridgehead atoms. The number of aromatic amines is 1. The van der Waals surface area contributed by atoms with Crippen LogP contribution >= 0.6 is 0 Å². The summed E-state index contributed by atoms with van der Waals surface area (Å²) in [6.07, 6.45) is 5.38. The smallest absolute Gasteiger partial charge is 0.356 e. The molecular weight excluding hydrogens is 258 g/mol. The zero-order valence-corrected chi connectivity index (χ0v) is 11.5. The van der Waals surface area contributed by atoms with Crippen LogP contribution in [0.1, 0.15) is 42.4 Å². The van der Waals surface area contributed by atoms with Gasteiger partial charge in [0.1, 0.15) is 0 Å². The molecule has 1 amide bonds. The molecule has 0 unspecified atom stereocenters. The van der Waals surface area contributed by atoms with Crippen molar-refractivity contribution in [2.45, 2.75) is 32.6 Å². The summed E-state index contributed by atoms with van der Waals surface area (Å²) in [5.41, 5.74) is 2.06. The van der Waals surface area contributed by atoms with E-state index < -0.39 is 5.97 Å². The summed E-state index contributed by atoms with van der Waals surface area (Å²) >= 11 is 0. The maximum absolute atomic E-state index is 11.9. The molecule has 1 aromatic heterocycles. The van der Waals surface area contributed by atoms with Gasteiger partial charge < -0.3 is 10.4 Å². The molecule has 3 N–H and O–H groups in total. The highest BCUT2D eigenvalue weighted by Gasteiger charge is 2.19. The van der Waals surface area contributed by atoms with E-state index in [1.807, 2.05) is 0 Å². The molecule has 6 nitrogen and oxygen atoms in total. The summed E-state index contributed by atoms with van der Waals surface area (Å²) in [5.74, 6) is -0.914. The number of aromatic carboxylic acids is 1. The van der Waals surface area contributed by atoms with E-state index in [1.165, 1.54) is 11.6 Å². The van der Waals surface area contributed by atoms with Crippen molar-refractivity contribution >= 4 is 11.9 Å². The van der Waals surface area contributed by atoms with Crippen molar-refractivity contribution in [2.75, 3.05) is 6.54 Å². The molecule has 1 heterocycles. The number of rotatable bonds is 5. The molecule has 0 saturated heterocycles. The monoisotopic (exact) mass is 277 g/mol. The Morgan fingerprint density at radius 1 is 1.55 bits per heavy atom. The number of nitrogens with one attached hydrogen (secondary N) is 2. The molecule has 0 radical (unpaired) electrons. The molecule has 2 rings (SSSR count). The second-order valence-electron chi connectivity index (χ2n) is 5.15. The third-order valence-electron chi connectivity index (χ3n) is 3.55. The maximum Gasteiger partial charge on any atom is 0.356 e. The Balaban J connectivity index is 1.75. The number of nitrogens with zero attached hydrogens (tertiary/aromatic N) is 1. The van der Waals surface area contributed by atoms with Crippen LogP contribution in [0.15, 0.2) is 17.7 Å². The largest absolute Gasteiger partial charge is 0.476 e. The van der Waals surface area contributed by atoms with Gasteiger partial charge in [0, 0.05) is 24.6 Å². The molecule has 1 aliphatic rings. The average Bonchev–Trinajstić information content (AvgIpc) is 2.88. The van der Waals surface area contributed by atoms with Crippen molar-refractivity contribution < 1.29 is 14.7 Å². The van der Waals surface area contributed by atoms with Crippen LogP contribution in [0.4, 0.5) is 0 Å². The van der Waals surface area contributed by atoms with Crippen LogP contribution in [0.25, 0.3) is 0 Å². The fourth-order valence-electron chi connectivity index (χ4n) is 2.27. The molecule has 108 valence electrons. The molecule has 0 spiro atoms. The molecule has 20 heavy (non-hydrogen) atoms. The first-order valence-electron chi connectivity index (χ1n) is 6.77. The van der Waals surface area contributed by atoms with Gasteiger partial charge in [-0.05, 0) is 32.3 Å². The number of aromatic nitrogens is 2. The fraction of sp³-hybridized carbons (Fsp3) is 0.500. The van der Waals surface area contributed by atoms with E-state index in [9.17, 15) is 9.59 Å². The number of allylic oxidation sites excluding steroid dienone is 2. The summed E-state index contributed by atoms with van der Waals surface area (Å²) in [6, 6.07) is 1.49. The quantitative estimate of drug-likeness (QED) is 0.711. The Labute approximate surface area is 117 Å². The second kappa shape index (κ2) is 6.36. The number of amides is 1. The molecule has 6 heteroatoms. The molecular formula is C14H19N3O3. The van der Waals surface area contributed by atoms with Gasteiger partial charge in [-0.1, -0.05) is 11.6 Å². The number of carbonyl (C=O) groups excluding carboxylic acids is 1. The summed E-state index contributed by atoms with van der Waals surface area (Å²) in [4.78, 5) is 22.6. The molecule has 1 atom stereocenters. The van der Waals surface area contributed by atoms with Crippen molar-refractivity contribution in [3.63, 3.8) is 0 Å². The summed E-state index contributed by atoms with van der Waals surface area (Å²) in [6.45, 7) is 2.58. The SMILES string of the molecule is CC1=CC[C@H](C(=O)NCCc2cc(C(=O)O)n[nH]2)CC1. The number of carbonyl (C=O) groups is 2. The van der Waals surface area contributed by atoms with E-state index in [0.717, 1.165) is 19.3 Å². The molecule has 0 fully saturated rings. The second-order valence-corrected chi connectivity index (χ2v) is 5.15. The normalized spacial score (nSPS) is 18.4. The highest BCUT2D eigenvalue weighted by Crippen LogP contribution is 2.22. The van der Waals surface area contributed by atoms with E-state index in [1.54, 1.807) is 0 Å². The van der Waals surface area contributed by atoms with Crippen molar-refractivity contribution in [3.8, 4) is 0 Å². The van der Waals surface area contributed by atoms with Crippen molar-refractivity contribution in [1.82, 2.24) is 15.5 Å². The number of H-pyrrole nitrogens is 1. The first-order valence-corrected chi connectivity index (χ1v) is 6.77. The van der Waals surface area contributed by atoms with E-state index in [0.29, 0.717) is 18.7 Å². The minimum Gasteiger partial charge on any atom is -0.476 e. The Morgan fingerprint density at radius 2 is 2.35 bits per heavy atom. The van der Waals surface area contributed by atoms with Crippen molar-refractivity contribution in [3.05, 3.63) is 29.1 Å². The molecule has 0 saturated carbocycles. The average molecular weight is 277 g/mol. The van der Waals surface area contributed by atoms with Crippen LogP contribution < -0.4 is 5.32 Å². The minimum absolute atomic E-state index is 0.000723. The molecule has 0 aliphatic heterocycles. The third kappa shape index (κ3) is 3.69. The summed E-state index contributed by atoms with van der Waals surface area (Å²) in [5, 5.41) is 18.0. The van der Waals surface area contributed by atoms with E-state index >= 15 is 0 Å². The lowest BCUT2D eigenvalue weighted by molar-refractivity contribution is -0.125. The van der Waals surface area contributed by atoms with E-state index in [4.69, 9.17) is 5.11 Å². The van der Waals surface area contributed by atoms with Crippen LogP contribution in [-0.4, -0.2) is 33.7 Å². The highest BCUT2D eigenvalue weighted by atomic mass is 16.4.